The minimum atomic E-state index is -0.668. The van der Waals surface area contributed by atoms with Crippen molar-refractivity contribution in [2.75, 3.05) is 13.1 Å². The number of carbonyl (C=O) groups is 1. The van der Waals surface area contributed by atoms with E-state index in [2.05, 4.69) is 17.1 Å². The first kappa shape index (κ1) is 13.4. The van der Waals surface area contributed by atoms with Crippen molar-refractivity contribution in [1.29, 1.82) is 0 Å². The summed E-state index contributed by atoms with van der Waals surface area (Å²) in [7, 11) is 0. The summed E-state index contributed by atoms with van der Waals surface area (Å²) in [5, 5.41) is 13.3. The molecule has 0 amide bonds. The summed E-state index contributed by atoms with van der Waals surface area (Å²) in [6.07, 6.45) is 8.08. The van der Waals surface area contributed by atoms with E-state index < -0.39 is 11.5 Å². The Balaban J connectivity index is 1.73. The number of nitrogens with zero attached hydrogens (tertiary/aromatic N) is 1. The third kappa shape index (κ3) is 2.95. The van der Waals surface area contributed by atoms with Gasteiger partial charge in [0.2, 0.25) is 0 Å². The topological polar surface area (TPSA) is 52.6 Å². The van der Waals surface area contributed by atoms with Gasteiger partial charge in [0.05, 0.1) is 0 Å². The molecule has 108 valence electrons. The predicted octanol–water partition coefficient (Wildman–Crippen LogP) is 1.85. The van der Waals surface area contributed by atoms with Crippen molar-refractivity contribution in [3.63, 3.8) is 0 Å². The van der Waals surface area contributed by atoms with E-state index in [1.807, 2.05) is 0 Å². The SMILES string of the molecule is CCCN(CC(NC1CC1)(C(=O)O)C1CC1)C1CC1. The van der Waals surface area contributed by atoms with Gasteiger partial charge in [0, 0.05) is 18.6 Å². The highest BCUT2D eigenvalue weighted by molar-refractivity contribution is 5.80. The lowest BCUT2D eigenvalue weighted by Crippen LogP contribution is -2.61. The smallest absolute Gasteiger partial charge is 0.325 e. The zero-order valence-electron chi connectivity index (χ0n) is 11.9. The molecule has 1 atom stereocenters. The number of rotatable bonds is 9. The number of aliphatic carboxylic acids is 1. The third-order valence-corrected chi connectivity index (χ3v) is 4.72. The van der Waals surface area contributed by atoms with Crippen LogP contribution in [0.5, 0.6) is 0 Å². The molecule has 1 unspecified atom stereocenters. The van der Waals surface area contributed by atoms with Crippen LogP contribution in [0.25, 0.3) is 0 Å². The average molecular weight is 266 g/mol. The quantitative estimate of drug-likeness (QED) is 0.669. The van der Waals surface area contributed by atoms with Gasteiger partial charge in [-0.1, -0.05) is 6.92 Å². The van der Waals surface area contributed by atoms with Gasteiger partial charge in [-0.05, 0) is 57.4 Å². The van der Waals surface area contributed by atoms with Crippen LogP contribution in [0, 0.1) is 5.92 Å². The number of hydrogen-bond donors (Lipinski definition) is 2. The molecule has 3 rings (SSSR count). The monoisotopic (exact) mass is 266 g/mol. The Morgan fingerprint density at radius 3 is 2.37 bits per heavy atom. The van der Waals surface area contributed by atoms with E-state index in [0.29, 0.717) is 24.5 Å². The standard InChI is InChI=1S/C15H26N2O2/c1-2-9-17(13-7-8-13)10-15(14(18)19,11-3-4-11)16-12-5-6-12/h11-13,16H,2-10H2,1H3,(H,18,19). The highest BCUT2D eigenvalue weighted by atomic mass is 16.4. The maximum Gasteiger partial charge on any atom is 0.325 e. The lowest BCUT2D eigenvalue weighted by molar-refractivity contribution is -0.147. The molecule has 3 fully saturated rings. The molecular weight excluding hydrogens is 240 g/mol. The summed E-state index contributed by atoms with van der Waals surface area (Å²) in [6, 6.07) is 1.11. The Morgan fingerprint density at radius 2 is 1.95 bits per heavy atom. The van der Waals surface area contributed by atoms with E-state index >= 15 is 0 Å². The van der Waals surface area contributed by atoms with Crippen molar-refractivity contribution >= 4 is 5.97 Å². The first-order chi connectivity index (χ1) is 9.15. The zero-order chi connectivity index (χ0) is 13.5. The van der Waals surface area contributed by atoms with Gasteiger partial charge >= 0.3 is 5.97 Å². The van der Waals surface area contributed by atoms with Crippen molar-refractivity contribution < 1.29 is 9.90 Å². The molecule has 4 heteroatoms. The average Bonchev–Trinajstić information content (AvgIpc) is 3.24. The molecule has 2 N–H and O–H groups in total. The van der Waals surface area contributed by atoms with Gasteiger partial charge in [-0.25, -0.2) is 0 Å². The van der Waals surface area contributed by atoms with E-state index in [9.17, 15) is 9.90 Å². The molecule has 3 aliphatic carbocycles. The van der Waals surface area contributed by atoms with Gasteiger partial charge in [0.25, 0.3) is 0 Å². The van der Waals surface area contributed by atoms with E-state index in [1.165, 1.54) is 12.8 Å². The van der Waals surface area contributed by atoms with Crippen LogP contribution in [0.15, 0.2) is 0 Å². The summed E-state index contributed by atoms with van der Waals surface area (Å²) in [6.45, 7) is 3.93. The second-order valence-electron chi connectivity index (χ2n) is 6.67. The fourth-order valence-electron chi connectivity index (χ4n) is 3.20. The molecule has 0 bridgehead atoms. The summed E-state index contributed by atoms with van der Waals surface area (Å²) in [4.78, 5) is 14.4. The first-order valence-electron chi connectivity index (χ1n) is 7.91. The highest BCUT2D eigenvalue weighted by Crippen LogP contribution is 2.43. The lowest BCUT2D eigenvalue weighted by Gasteiger charge is -2.36. The van der Waals surface area contributed by atoms with E-state index in [1.54, 1.807) is 0 Å². The van der Waals surface area contributed by atoms with Gasteiger partial charge in [0.1, 0.15) is 5.54 Å². The molecule has 0 radical (unpaired) electrons. The maximum atomic E-state index is 12.0. The van der Waals surface area contributed by atoms with Gasteiger partial charge in [0.15, 0.2) is 0 Å². The molecule has 0 spiro atoms. The van der Waals surface area contributed by atoms with Gasteiger partial charge in [-0.15, -0.1) is 0 Å². The van der Waals surface area contributed by atoms with Crippen LogP contribution in [0.2, 0.25) is 0 Å². The van der Waals surface area contributed by atoms with Crippen molar-refractivity contribution in [1.82, 2.24) is 10.2 Å². The van der Waals surface area contributed by atoms with Crippen LogP contribution in [0.4, 0.5) is 0 Å². The van der Waals surface area contributed by atoms with E-state index in [-0.39, 0.29) is 0 Å². The van der Waals surface area contributed by atoms with Gasteiger partial charge in [-0.2, -0.15) is 0 Å². The Bertz CT molecular complexity index is 348. The summed E-state index contributed by atoms with van der Waals surface area (Å²) < 4.78 is 0. The van der Waals surface area contributed by atoms with Crippen LogP contribution in [0.3, 0.4) is 0 Å². The Kier molecular flexibility index (Phi) is 3.56. The molecule has 0 aliphatic heterocycles. The molecule has 3 saturated carbocycles. The van der Waals surface area contributed by atoms with Crippen molar-refractivity contribution in [3.05, 3.63) is 0 Å². The zero-order valence-corrected chi connectivity index (χ0v) is 11.9. The number of nitrogens with one attached hydrogen (secondary N) is 1. The summed E-state index contributed by atoms with van der Waals surface area (Å²) >= 11 is 0. The molecular formula is C15H26N2O2. The molecule has 4 nitrogen and oxygen atoms in total. The second kappa shape index (κ2) is 5.06. The predicted molar refractivity (Wildman–Crippen MR) is 74.1 cm³/mol. The number of carboxylic acids is 1. The highest BCUT2D eigenvalue weighted by Gasteiger charge is 2.54. The van der Waals surface area contributed by atoms with Crippen LogP contribution in [0.1, 0.15) is 51.9 Å². The summed E-state index contributed by atoms with van der Waals surface area (Å²) in [5.41, 5.74) is -0.668. The fourth-order valence-corrected chi connectivity index (χ4v) is 3.20. The number of hydrogen-bond acceptors (Lipinski definition) is 3. The van der Waals surface area contributed by atoms with Crippen molar-refractivity contribution in [3.8, 4) is 0 Å². The largest absolute Gasteiger partial charge is 0.480 e. The molecule has 19 heavy (non-hydrogen) atoms. The minimum Gasteiger partial charge on any atom is -0.480 e. The molecule has 3 aliphatic rings. The molecule has 0 aromatic carbocycles. The normalized spacial score (nSPS) is 26.4. The fraction of sp³-hybridized carbons (Fsp3) is 0.933. The minimum absolute atomic E-state index is 0.351. The van der Waals surface area contributed by atoms with Crippen LogP contribution in [-0.4, -0.2) is 46.7 Å². The first-order valence-corrected chi connectivity index (χ1v) is 7.91. The van der Waals surface area contributed by atoms with Crippen molar-refractivity contribution in [2.45, 2.75) is 69.5 Å². The van der Waals surface area contributed by atoms with Gasteiger partial charge < -0.3 is 5.11 Å². The molecule has 0 heterocycles. The Hall–Kier alpha value is -0.610. The van der Waals surface area contributed by atoms with E-state index in [0.717, 1.165) is 38.6 Å². The molecule has 0 aromatic heterocycles. The van der Waals surface area contributed by atoms with Crippen LogP contribution >= 0.6 is 0 Å². The lowest BCUT2D eigenvalue weighted by atomic mass is 9.91. The molecule has 0 saturated heterocycles. The van der Waals surface area contributed by atoms with Crippen LogP contribution in [-0.2, 0) is 4.79 Å². The Labute approximate surface area is 115 Å². The third-order valence-electron chi connectivity index (χ3n) is 4.72. The second-order valence-corrected chi connectivity index (χ2v) is 6.67. The van der Waals surface area contributed by atoms with Gasteiger partial charge in [-0.3, -0.25) is 15.0 Å². The maximum absolute atomic E-state index is 12.0. The Morgan fingerprint density at radius 1 is 1.26 bits per heavy atom. The summed E-state index contributed by atoms with van der Waals surface area (Å²) in [5.74, 6) is -0.271. The number of carboxylic acid groups (broad SMARTS) is 1. The van der Waals surface area contributed by atoms with Crippen molar-refractivity contribution in [2.24, 2.45) is 5.92 Å². The van der Waals surface area contributed by atoms with E-state index in [4.69, 9.17) is 0 Å². The molecule has 0 aromatic rings. The van der Waals surface area contributed by atoms with Crippen LogP contribution < -0.4 is 5.32 Å².